The third-order valence-electron chi connectivity index (χ3n) is 1.66. The van der Waals surface area contributed by atoms with Gasteiger partial charge in [0.1, 0.15) is 0 Å². The van der Waals surface area contributed by atoms with E-state index < -0.39 is 5.60 Å². The fourth-order valence-electron chi connectivity index (χ4n) is 0.835. The minimum atomic E-state index is -0.543. The van der Waals surface area contributed by atoms with Crippen LogP contribution in [-0.2, 0) is 0 Å². The molecule has 0 aromatic heterocycles. The average Bonchev–Trinajstić information content (AvgIpc) is 1.89. The van der Waals surface area contributed by atoms with Crippen LogP contribution in [0, 0.1) is 0 Å². The van der Waals surface area contributed by atoms with Crippen molar-refractivity contribution in [3.8, 4) is 0 Å². The second-order valence-corrected chi connectivity index (χ2v) is 3.43. The Balaban J connectivity index is 3.28. The van der Waals surface area contributed by atoms with E-state index >= 15 is 0 Å². The molecule has 0 radical (unpaired) electrons. The monoisotopic (exact) mass is 162 g/mol. The van der Waals surface area contributed by atoms with Crippen LogP contribution in [0.3, 0.4) is 0 Å². The van der Waals surface area contributed by atoms with Crippen molar-refractivity contribution in [1.82, 2.24) is 0 Å². The van der Waals surface area contributed by atoms with Crippen molar-refractivity contribution in [2.45, 2.75) is 45.1 Å². The van der Waals surface area contributed by atoms with Gasteiger partial charge in [0.2, 0.25) is 0 Å². The summed E-state index contributed by atoms with van der Waals surface area (Å²) in [6.45, 7) is 4.01. The molecule has 0 bridgehead atoms. The van der Waals surface area contributed by atoms with E-state index in [1.54, 1.807) is 0 Å². The van der Waals surface area contributed by atoms with Gasteiger partial charge < -0.3 is 5.11 Å². The van der Waals surface area contributed by atoms with Crippen LogP contribution in [-0.4, -0.2) is 16.5 Å². The smallest absolute Gasteiger partial charge is 0.0707 e. The number of unbranched alkanes of at least 4 members (excludes halogenated alkanes) is 2. The van der Waals surface area contributed by atoms with E-state index in [0.717, 1.165) is 12.8 Å². The minimum Gasteiger partial charge on any atom is -0.389 e. The van der Waals surface area contributed by atoms with E-state index in [1.165, 1.54) is 12.8 Å². The van der Waals surface area contributed by atoms with Gasteiger partial charge in [0.05, 0.1) is 5.60 Å². The molecular weight excluding hydrogens is 144 g/mol. The van der Waals surface area contributed by atoms with Crippen molar-refractivity contribution >= 4 is 12.6 Å². The van der Waals surface area contributed by atoms with Crippen molar-refractivity contribution in [1.29, 1.82) is 0 Å². The van der Waals surface area contributed by atoms with Gasteiger partial charge in [0, 0.05) is 5.75 Å². The van der Waals surface area contributed by atoms with Gasteiger partial charge in [-0.1, -0.05) is 26.2 Å². The van der Waals surface area contributed by atoms with Gasteiger partial charge in [0.25, 0.3) is 0 Å². The molecule has 0 aliphatic rings. The Labute approximate surface area is 69.2 Å². The van der Waals surface area contributed by atoms with Gasteiger partial charge >= 0.3 is 0 Å². The van der Waals surface area contributed by atoms with Crippen LogP contribution in [0.4, 0.5) is 0 Å². The first kappa shape index (κ1) is 10.3. The van der Waals surface area contributed by atoms with Gasteiger partial charge in [-0.15, -0.1) is 0 Å². The first-order valence-corrected chi connectivity index (χ1v) is 4.59. The molecule has 0 saturated carbocycles. The molecule has 0 fully saturated rings. The van der Waals surface area contributed by atoms with E-state index in [9.17, 15) is 5.11 Å². The maximum atomic E-state index is 9.47. The van der Waals surface area contributed by atoms with Gasteiger partial charge in [-0.2, -0.15) is 12.6 Å². The summed E-state index contributed by atoms with van der Waals surface area (Å²) in [7, 11) is 0. The summed E-state index contributed by atoms with van der Waals surface area (Å²) in [4.78, 5) is 0. The molecule has 0 aliphatic carbocycles. The Morgan fingerprint density at radius 1 is 1.40 bits per heavy atom. The summed E-state index contributed by atoms with van der Waals surface area (Å²) in [6, 6.07) is 0. The number of hydrogen-bond donors (Lipinski definition) is 2. The lowest BCUT2D eigenvalue weighted by atomic mass is 10.0. The number of thiol groups is 1. The molecule has 0 aliphatic heterocycles. The van der Waals surface area contributed by atoms with Crippen LogP contribution in [0.2, 0.25) is 0 Å². The Hall–Kier alpha value is 0.310. The van der Waals surface area contributed by atoms with Crippen LogP contribution < -0.4 is 0 Å². The predicted octanol–water partition coefficient (Wildman–Crippen LogP) is 2.25. The molecular formula is C8H18OS. The van der Waals surface area contributed by atoms with Crippen LogP contribution in [0.15, 0.2) is 0 Å². The average molecular weight is 162 g/mol. The number of hydrogen-bond acceptors (Lipinski definition) is 2. The maximum Gasteiger partial charge on any atom is 0.0707 e. The molecule has 0 rings (SSSR count). The quantitative estimate of drug-likeness (QED) is 0.469. The zero-order valence-electron chi connectivity index (χ0n) is 6.93. The summed E-state index contributed by atoms with van der Waals surface area (Å²) in [5.74, 6) is 0.566. The molecule has 62 valence electrons. The van der Waals surface area contributed by atoms with Gasteiger partial charge in [0.15, 0.2) is 0 Å². The SMILES string of the molecule is CCCCCC(C)(O)CS. The van der Waals surface area contributed by atoms with Gasteiger partial charge in [-0.3, -0.25) is 0 Å². The molecule has 0 aromatic rings. The standard InChI is InChI=1S/C8H18OS/c1-3-4-5-6-8(2,9)7-10/h9-10H,3-7H2,1-2H3. The van der Waals surface area contributed by atoms with Gasteiger partial charge in [-0.25, -0.2) is 0 Å². The first-order chi connectivity index (χ1) is 4.62. The molecule has 2 heteroatoms. The maximum absolute atomic E-state index is 9.47. The summed E-state index contributed by atoms with van der Waals surface area (Å²) in [5.41, 5.74) is -0.543. The second kappa shape index (κ2) is 5.03. The Kier molecular flexibility index (Phi) is 5.18. The van der Waals surface area contributed by atoms with Crippen molar-refractivity contribution in [3.63, 3.8) is 0 Å². The first-order valence-electron chi connectivity index (χ1n) is 3.95. The minimum absolute atomic E-state index is 0.543. The zero-order chi connectivity index (χ0) is 8.04. The fourth-order valence-corrected chi connectivity index (χ4v) is 0.993. The second-order valence-electron chi connectivity index (χ2n) is 3.11. The third kappa shape index (κ3) is 5.12. The van der Waals surface area contributed by atoms with Gasteiger partial charge in [-0.05, 0) is 13.3 Å². The molecule has 1 N–H and O–H groups in total. The highest BCUT2D eigenvalue weighted by molar-refractivity contribution is 7.80. The van der Waals surface area contributed by atoms with E-state index in [1.807, 2.05) is 6.92 Å². The summed E-state index contributed by atoms with van der Waals surface area (Å²) < 4.78 is 0. The Morgan fingerprint density at radius 2 is 2.00 bits per heavy atom. The highest BCUT2D eigenvalue weighted by Crippen LogP contribution is 2.15. The molecule has 1 atom stereocenters. The van der Waals surface area contributed by atoms with Crippen molar-refractivity contribution in [2.24, 2.45) is 0 Å². The lowest BCUT2D eigenvalue weighted by Crippen LogP contribution is -2.25. The predicted molar refractivity (Wildman–Crippen MR) is 48.6 cm³/mol. The molecule has 1 nitrogen and oxygen atoms in total. The fraction of sp³-hybridized carbons (Fsp3) is 1.00. The van der Waals surface area contributed by atoms with Crippen LogP contribution in [0.1, 0.15) is 39.5 Å². The summed E-state index contributed by atoms with van der Waals surface area (Å²) in [5, 5.41) is 9.47. The number of aliphatic hydroxyl groups is 1. The molecule has 0 amide bonds. The lowest BCUT2D eigenvalue weighted by molar-refractivity contribution is 0.0736. The Bertz CT molecular complexity index is 81.3. The Morgan fingerprint density at radius 3 is 2.40 bits per heavy atom. The molecule has 0 aromatic carbocycles. The van der Waals surface area contributed by atoms with Crippen molar-refractivity contribution in [2.75, 3.05) is 5.75 Å². The molecule has 1 unspecified atom stereocenters. The summed E-state index contributed by atoms with van der Waals surface area (Å²) in [6.07, 6.45) is 4.42. The van der Waals surface area contributed by atoms with Crippen molar-refractivity contribution < 1.29 is 5.11 Å². The van der Waals surface area contributed by atoms with Crippen LogP contribution in [0.5, 0.6) is 0 Å². The molecule has 0 heterocycles. The molecule has 0 saturated heterocycles. The highest BCUT2D eigenvalue weighted by Gasteiger charge is 2.16. The zero-order valence-corrected chi connectivity index (χ0v) is 7.82. The van der Waals surface area contributed by atoms with E-state index in [0.29, 0.717) is 5.75 Å². The van der Waals surface area contributed by atoms with Crippen LogP contribution >= 0.6 is 12.6 Å². The number of rotatable bonds is 5. The van der Waals surface area contributed by atoms with E-state index in [4.69, 9.17) is 0 Å². The van der Waals surface area contributed by atoms with E-state index in [-0.39, 0.29) is 0 Å². The van der Waals surface area contributed by atoms with Crippen LogP contribution in [0.25, 0.3) is 0 Å². The summed E-state index contributed by atoms with van der Waals surface area (Å²) >= 11 is 4.05. The largest absolute Gasteiger partial charge is 0.389 e. The topological polar surface area (TPSA) is 20.2 Å². The normalized spacial score (nSPS) is 16.8. The highest BCUT2D eigenvalue weighted by atomic mass is 32.1. The van der Waals surface area contributed by atoms with E-state index in [2.05, 4.69) is 19.6 Å². The molecule has 0 spiro atoms. The lowest BCUT2D eigenvalue weighted by Gasteiger charge is -2.19. The third-order valence-corrected chi connectivity index (χ3v) is 2.34. The molecule has 10 heavy (non-hydrogen) atoms. The van der Waals surface area contributed by atoms with Crippen molar-refractivity contribution in [3.05, 3.63) is 0 Å².